The molecule has 0 saturated heterocycles. The van der Waals surface area contributed by atoms with Crippen molar-refractivity contribution in [2.45, 2.75) is 25.0 Å². The summed E-state index contributed by atoms with van der Waals surface area (Å²) in [6, 6.07) is 19.0. The van der Waals surface area contributed by atoms with Crippen LogP contribution in [0.15, 0.2) is 72.8 Å². The van der Waals surface area contributed by atoms with Crippen LogP contribution >= 0.6 is 0 Å². The van der Waals surface area contributed by atoms with Gasteiger partial charge in [-0.2, -0.15) is 0 Å². The van der Waals surface area contributed by atoms with Crippen molar-refractivity contribution in [3.63, 3.8) is 0 Å². The molecule has 2 aromatic rings. The SMILES string of the molecule is OC(CC#C/C=C\CC(O)c1ccccc1)c1ccccc1. The number of rotatable bonds is 5. The van der Waals surface area contributed by atoms with Crippen molar-refractivity contribution in [3.8, 4) is 11.8 Å². The maximum absolute atomic E-state index is 9.97. The molecule has 0 radical (unpaired) electrons. The predicted octanol–water partition coefficient (Wildman–Crippen LogP) is 3.79. The Kier molecular flexibility index (Phi) is 6.44. The minimum Gasteiger partial charge on any atom is -0.388 e. The molecular formula is C20H20O2. The first-order valence-electron chi connectivity index (χ1n) is 7.37. The third-order valence-electron chi connectivity index (χ3n) is 3.33. The monoisotopic (exact) mass is 292 g/mol. The number of aliphatic hydroxyl groups excluding tert-OH is 2. The fourth-order valence-electron chi connectivity index (χ4n) is 2.07. The van der Waals surface area contributed by atoms with Crippen LogP contribution in [0.1, 0.15) is 36.2 Å². The Morgan fingerprint density at radius 1 is 0.818 bits per heavy atom. The molecule has 0 aliphatic carbocycles. The van der Waals surface area contributed by atoms with E-state index in [1.807, 2.05) is 66.7 Å². The van der Waals surface area contributed by atoms with Crippen LogP contribution in [0.5, 0.6) is 0 Å². The summed E-state index contributed by atoms with van der Waals surface area (Å²) < 4.78 is 0. The average molecular weight is 292 g/mol. The molecule has 0 amide bonds. The number of aliphatic hydroxyl groups is 2. The molecule has 2 atom stereocenters. The van der Waals surface area contributed by atoms with Gasteiger partial charge in [0.1, 0.15) is 0 Å². The molecule has 2 nitrogen and oxygen atoms in total. The van der Waals surface area contributed by atoms with Crippen LogP contribution in [0.4, 0.5) is 0 Å². The van der Waals surface area contributed by atoms with Crippen LogP contribution in [0, 0.1) is 11.8 Å². The average Bonchev–Trinajstić information content (AvgIpc) is 2.59. The van der Waals surface area contributed by atoms with Gasteiger partial charge in [-0.05, 0) is 23.6 Å². The molecule has 0 aliphatic heterocycles. The van der Waals surface area contributed by atoms with Gasteiger partial charge in [-0.25, -0.2) is 0 Å². The summed E-state index contributed by atoms with van der Waals surface area (Å²) in [7, 11) is 0. The maximum Gasteiger partial charge on any atom is 0.0899 e. The van der Waals surface area contributed by atoms with E-state index in [1.165, 1.54) is 0 Å². The first kappa shape index (κ1) is 16.0. The highest BCUT2D eigenvalue weighted by Gasteiger charge is 2.04. The minimum atomic E-state index is -0.558. The third kappa shape index (κ3) is 5.21. The van der Waals surface area contributed by atoms with Crippen LogP contribution in [0.25, 0.3) is 0 Å². The molecule has 2 N–H and O–H groups in total. The fourth-order valence-corrected chi connectivity index (χ4v) is 2.07. The molecule has 0 aliphatic rings. The zero-order chi connectivity index (χ0) is 15.6. The summed E-state index contributed by atoms with van der Waals surface area (Å²) in [5, 5.41) is 19.9. The van der Waals surface area contributed by atoms with Gasteiger partial charge in [0.05, 0.1) is 12.2 Å². The van der Waals surface area contributed by atoms with E-state index in [-0.39, 0.29) is 0 Å². The molecule has 22 heavy (non-hydrogen) atoms. The number of allylic oxidation sites excluding steroid dienone is 1. The third-order valence-corrected chi connectivity index (χ3v) is 3.33. The van der Waals surface area contributed by atoms with Gasteiger partial charge in [-0.15, -0.1) is 0 Å². The zero-order valence-corrected chi connectivity index (χ0v) is 12.4. The van der Waals surface area contributed by atoms with Gasteiger partial charge in [0.25, 0.3) is 0 Å². The van der Waals surface area contributed by atoms with Gasteiger partial charge >= 0.3 is 0 Å². The molecule has 0 bridgehead atoms. The fraction of sp³-hybridized carbons (Fsp3) is 0.200. The van der Waals surface area contributed by atoms with Gasteiger partial charge in [-0.1, -0.05) is 78.6 Å². The second-order valence-electron chi connectivity index (χ2n) is 5.02. The van der Waals surface area contributed by atoms with E-state index >= 15 is 0 Å². The Hall–Kier alpha value is -2.34. The lowest BCUT2D eigenvalue weighted by molar-refractivity contribution is 0.181. The Balaban J connectivity index is 1.76. The lowest BCUT2D eigenvalue weighted by Gasteiger charge is -2.06. The van der Waals surface area contributed by atoms with Gasteiger partial charge in [-0.3, -0.25) is 0 Å². The molecule has 2 rings (SSSR count). The molecule has 112 valence electrons. The highest BCUT2D eigenvalue weighted by Crippen LogP contribution is 2.16. The summed E-state index contributed by atoms with van der Waals surface area (Å²) in [6.45, 7) is 0. The van der Waals surface area contributed by atoms with Crippen molar-refractivity contribution < 1.29 is 10.2 Å². The maximum atomic E-state index is 9.97. The van der Waals surface area contributed by atoms with Gasteiger partial charge in [0, 0.05) is 6.42 Å². The summed E-state index contributed by atoms with van der Waals surface area (Å²) in [6.07, 6.45) is 3.44. The molecule has 0 fully saturated rings. The summed E-state index contributed by atoms with van der Waals surface area (Å²) in [5.41, 5.74) is 1.78. The molecule has 2 heteroatoms. The first-order valence-corrected chi connectivity index (χ1v) is 7.37. The molecule has 0 aromatic heterocycles. The largest absolute Gasteiger partial charge is 0.388 e. The van der Waals surface area contributed by atoms with Crippen LogP contribution in [0.2, 0.25) is 0 Å². The van der Waals surface area contributed by atoms with Crippen molar-refractivity contribution in [3.05, 3.63) is 83.9 Å². The summed E-state index contributed by atoms with van der Waals surface area (Å²) in [5.74, 6) is 5.82. The van der Waals surface area contributed by atoms with Crippen LogP contribution in [-0.4, -0.2) is 10.2 Å². The highest BCUT2D eigenvalue weighted by atomic mass is 16.3. The Bertz CT molecular complexity index is 636. The van der Waals surface area contributed by atoms with Crippen LogP contribution in [-0.2, 0) is 0 Å². The highest BCUT2D eigenvalue weighted by molar-refractivity contribution is 5.22. The Morgan fingerprint density at radius 2 is 1.36 bits per heavy atom. The second kappa shape index (κ2) is 8.84. The van der Waals surface area contributed by atoms with E-state index in [4.69, 9.17) is 0 Å². The Labute approximate surface area is 131 Å². The topological polar surface area (TPSA) is 40.5 Å². The number of benzene rings is 2. The van der Waals surface area contributed by atoms with Gasteiger partial charge in [0.2, 0.25) is 0 Å². The van der Waals surface area contributed by atoms with E-state index in [1.54, 1.807) is 6.08 Å². The van der Waals surface area contributed by atoms with Crippen molar-refractivity contribution >= 4 is 0 Å². The zero-order valence-electron chi connectivity index (χ0n) is 12.4. The first-order chi connectivity index (χ1) is 10.8. The van der Waals surface area contributed by atoms with E-state index in [2.05, 4.69) is 11.8 Å². The summed E-state index contributed by atoms with van der Waals surface area (Å²) >= 11 is 0. The van der Waals surface area contributed by atoms with Crippen LogP contribution in [0.3, 0.4) is 0 Å². The van der Waals surface area contributed by atoms with Crippen molar-refractivity contribution in [1.29, 1.82) is 0 Å². The lowest BCUT2D eigenvalue weighted by Crippen LogP contribution is -1.95. The van der Waals surface area contributed by atoms with E-state index in [9.17, 15) is 10.2 Å². The normalized spacial score (nSPS) is 13.4. The van der Waals surface area contributed by atoms with E-state index < -0.39 is 12.2 Å². The number of hydrogen-bond acceptors (Lipinski definition) is 2. The quantitative estimate of drug-likeness (QED) is 0.823. The Morgan fingerprint density at radius 3 is 1.95 bits per heavy atom. The van der Waals surface area contributed by atoms with Crippen molar-refractivity contribution in [2.24, 2.45) is 0 Å². The van der Waals surface area contributed by atoms with Crippen LogP contribution < -0.4 is 0 Å². The second-order valence-corrected chi connectivity index (χ2v) is 5.02. The molecule has 0 spiro atoms. The van der Waals surface area contributed by atoms with E-state index in [0.29, 0.717) is 12.8 Å². The van der Waals surface area contributed by atoms with Gasteiger partial charge in [0.15, 0.2) is 0 Å². The standard InChI is InChI=1S/C20H20O2/c21-19(17-11-5-3-6-12-17)15-9-1-2-10-16-20(22)18-13-7-4-8-14-18/h1,3-9,11-14,19-22H,15-16H2/b9-1-. The summed E-state index contributed by atoms with van der Waals surface area (Å²) in [4.78, 5) is 0. The molecular weight excluding hydrogens is 272 g/mol. The van der Waals surface area contributed by atoms with E-state index in [0.717, 1.165) is 11.1 Å². The predicted molar refractivity (Wildman–Crippen MR) is 89.0 cm³/mol. The lowest BCUT2D eigenvalue weighted by atomic mass is 10.1. The molecule has 2 unspecified atom stereocenters. The van der Waals surface area contributed by atoms with Crippen molar-refractivity contribution in [1.82, 2.24) is 0 Å². The molecule has 2 aromatic carbocycles. The molecule has 0 saturated carbocycles. The van der Waals surface area contributed by atoms with Crippen molar-refractivity contribution in [2.75, 3.05) is 0 Å². The number of hydrogen-bond donors (Lipinski definition) is 2. The smallest absolute Gasteiger partial charge is 0.0899 e. The minimum absolute atomic E-state index is 0.398. The van der Waals surface area contributed by atoms with Gasteiger partial charge < -0.3 is 10.2 Å². The molecule has 0 heterocycles.